The fourth-order valence-corrected chi connectivity index (χ4v) is 2.76. The van der Waals surface area contributed by atoms with E-state index in [1.165, 1.54) is 0 Å². The quantitative estimate of drug-likeness (QED) is 0.720. The van der Waals surface area contributed by atoms with Gasteiger partial charge in [-0.15, -0.1) is 0 Å². The molecule has 0 saturated heterocycles. The van der Waals surface area contributed by atoms with Crippen molar-refractivity contribution in [3.63, 3.8) is 0 Å². The Hall–Kier alpha value is -3.15. The molecule has 0 atom stereocenters. The molecule has 0 aromatic heterocycles. The van der Waals surface area contributed by atoms with Crippen LogP contribution in [0.5, 0.6) is 0 Å². The van der Waals surface area contributed by atoms with Gasteiger partial charge in [0.05, 0.1) is 0 Å². The van der Waals surface area contributed by atoms with Crippen molar-refractivity contribution in [2.24, 2.45) is 0 Å². The maximum atomic E-state index is 12.2. The van der Waals surface area contributed by atoms with Gasteiger partial charge in [-0.3, -0.25) is 14.4 Å². The Kier molecular flexibility index (Phi) is 7.32. The molecule has 0 spiro atoms. The van der Waals surface area contributed by atoms with E-state index in [-0.39, 0.29) is 18.4 Å². The van der Waals surface area contributed by atoms with E-state index in [0.717, 1.165) is 22.4 Å². The zero-order valence-electron chi connectivity index (χ0n) is 16.7. The zero-order chi connectivity index (χ0) is 20.7. The van der Waals surface area contributed by atoms with E-state index in [1.807, 2.05) is 52.0 Å². The third-order valence-corrected chi connectivity index (χ3v) is 4.23. The van der Waals surface area contributed by atoms with Crippen molar-refractivity contribution < 1.29 is 19.1 Å². The van der Waals surface area contributed by atoms with E-state index in [0.29, 0.717) is 5.56 Å². The van der Waals surface area contributed by atoms with Crippen molar-refractivity contribution >= 4 is 23.5 Å². The van der Waals surface area contributed by atoms with Crippen molar-refractivity contribution in [3.05, 3.63) is 64.7 Å². The maximum Gasteiger partial charge on any atom is 0.325 e. The molecule has 0 heterocycles. The number of carbonyl (C=O) groups is 3. The van der Waals surface area contributed by atoms with Gasteiger partial charge in [-0.2, -0.15) is 0 Å². The number of amides is 2. The SMILES string of the molecule is Cc1cccc(C(=O)NCC(=O)OCC(=O)Nc2c(C)cccc2C(C)C)c1. The van der Waals surface area contributed by atoms with Crippen LogP contribution in [0.15, 0.2) is 42.5 Å². The minimum atomic E-state index is -0.676. The minimum absolute atomic E-state index is 0.245. The molecular formula is C22H26N2O4. The lowest BCUT2D eigenvalue weighted by atomic mass is 9.98. The lowest BCUT2D eigenvalue weighted by Crippen LogP contribution is -2.32. The molecule has 0 bridgehead atoms. The molecule has 2 N–H and O–H groups in total. The van der Waals surface area contributed by atoms with Crippen molar-refractivity contribution in [2.45, 2.75) is 33.6 Å². The molecule has 0 unspecified atom stereocenters. The Labute approximate surface area is 165 Å². The summed E-state index contributed by atoms with van der Waals surface area (Å²) in [5.41, 5.74) is 4.11. The highest BCUT2D eigenvalue weighted by molar-refractivity contribution is 5.97. The monoisotopic (exact) mass is 382 g/mol. The van der Waals surface area contributed by atoms with Crippen molar-refractivity contribution in [3.8, 4) is 0 Å². The molecule has 6 heteroatoms. The van der Waals surface area contributed by atoms with Crippen LogP contribution >= 0.6 is 0 Å². The van der Waals surface area contributed by atoms with E-state index in [1.54, 1.807) is 18.2 Å². The van der Waals surface area contributed by atoms with E-state index < -0.39 is 18.5 Å². The van der Waals surface area contributed by atoms with Crippen molar-refractivity contribution in [1.29, 1.82) is 0 Å². The van der Waals surface area contributed by atoms with Gasteiger partial charge in [-0.25, -0.2) is 0 Å². The summed E-state index contributed by atoms with van der Waals surface area (Å²) in [6, 6.07) is 12.8. The fourth-order valence-electron chi connectivity index (χ4n) is 2.76. The van der Waals surface area contributed by atoms with Crippen LogP contribution in [0.25, 0.3) is 0 Å². The number of benzene rings is 2. The lowest BCUT2D eigenvalue weighted by molar-refractivity contribution is -0.146. The first kappa shape index (κ1) is 21.2. The number of hydrogen-bond donors (Lipinski definition) is 2. The van der Waals surface area contributed by atoms with E-state index in [9.17, 15) is 14.4 Å². The number of anilines is 1. The van der Waals surface area contributed by atoms with Crippen LogP contribution in [0, 0.1) is 13.8 Å². The molecule has 0 aliphatic carbocycles. The summed E-state index contributed by atoms with van der Waals surface area (Å²) >= 11 is 0. The van der Waals surface area contributed by atoms with Crippen LogP contribution in [0.2, 0.25) is 0 Å². The van der Waals surface area contributed by atoms with Crippen LogP contribution in [-0.2, 0) is 14.3 Å². The van der Waals surface area contributed by atoms with Gasteiger partial charge in [-0.05, 0) is 43.0 Å². The van der Waals surface area contributed by atoms with Crippen LogP contribution in [0.1, 0.15) is 46.8 Å². The summed E-state index contributed by atoms with van der Waals surface area (Å²) in [6.07, 6.45) is 0. The van der Waals surface area contributed by atoms with Gasteiger partial charge in [0.1, 0.15) is 6.54 Å². The number of aryl methyl sites for hydroxylation is 2. The Balaban J connectivity index is 1.83. The Morgan fingerprint density at radius 1 is 1.04 bits per heavy atom. The standard InChI is InChI=1S/C22H26N2O4/c1-14(2)18-10-6-8-16(4)21(18)24-19(25)13-28-20(26)12-23-22(27)17-9-5-7-15(3)11-17/h5-11,14H,12-13H2,1-4H3,(H,23,27)(H,24,25). The van der Waals surface area contributed by atoms with Gasteiger partial charge < -0.3 is 15.4 Å². The third kappa shape index (κ3) is 5.94. The molecule has 0 fully saturated rings. The summed E-state index contributed by atoms with van der Waals surface area (Å²) in [6.45, 7) is 7.16. The van der Waals surface area contributed by atoms with Gasteiger partial charge in [-0.1, -0.05) is 49.7 Å². The normalized spacial score (nSPS) is 10.5. The number of para-hydroxylation sites is 1. The molecule has 0 saturated carbocycles. The highest BCUT2D eigenvalue weighted by Gasteiger charge is 2.14. The Morgan fingerprint density at radius 2 is 1.75 bits per heavy atom. The van der Waals surface area contributed by atoms with Gasteiger partial charge >= 0.3 is 5.97 Å². The number of hydrogen-bond acceptors (Lipinski definition) is 4. The van der Waals surface area contributed by atoms with E-state index in [4.69, 9.17) is 4.74 Å². The second-order valence-corrected chi connectivity index (χ2v) is 6.95. The summed E-state index contributed by atoms with van der Waals surface area (Å²) < 4.78 is 4.96. The Morgan fingerprint density at radius 3 is 2.43 bits per heavy atom. The molecule has 2 aromatic rings. The predicted octanol–water partition coefficient (Wildman–Crippen LogP) is 3.34. The number of nitrogens with one attached hydrogen (secondary N) is 2. The predicted molar refractivity (Wildman–Crippen MR) is 108 cm³/mol. The van der Waals surface area contributed by atoms with Crippen LogP contribution in [0.3, 0.4) is 0 Å². The molecule has 0 aliphatic heterocycles. The maximum absolute atomic E-state index is 12.2. The van der Waals surface area contributed by atoms with Crippen molar-refractivity contribution in [2.75, 3.05) is 18.5 Å². The smallest absolute Gasteiger partial charge is 0.325 e. The van der Waals surface area contributed by atoms with Gasteiger partial charge in [0.15, 0.2) is 6.61 Å². The highest BCUT2D eigenvalue weighted by Crippen LogP contribution is 2.27. The first-order chi connectivity index (χ1) is 13.3. The first-order valence-corrected chi connectivity index (χ1v) is 9.17. The summed E-state index contributed by atoms with van der Waals surface area (Å²) in [4.78, 5) is 36.0. The molecule has 148 valence electrons. The molecule has 0 radical (unpaired) electrons. The van der Waals surface area contributed by atoms with Gasteiger partial charge in [0.25, 0.3) is 11.8 Å². The number of carbonyl (C=O) groups excluding carboxylic acids is 3. The van der Waals surface area contributed by atoms with E-state index >= 15 is 0 Å². The average molecular weight is 382 g/mol. The molecule has 6 nitrogen and oxygen atoms in total. The molecule has 2 amide bonds. The third-order valence-electron chi connectivity index (χ3n) is 4.23. The summed E-state index contributed by atoms with van der Waals surface area (Å²) in [5, 5.41) is 5.30. The summed E-state index contributed by atoms with van der Waals surface area (Å²) in [7, 11) is 0. The van der Waals surface area contributed by atoms with Crippen LogP contribution < -0.4 is 10.6 Å². The zero-order valence-corrected chi connectivity index (χ0v) is 16.7. The second kappa shape index (κ2) is 9.69. The number of rotatable bonds is 7. The second-order valence-electron chi connectivity index (χ2n) is 6.95. The minimum Gasteiger partial charge on any atom is -0.454 e. The Bertz CT molecular complexity index is 875. The van der Waals surface area contributed by atoms with Crippen LogP contribution in [-0.4, -0.2) is 30.9 Å². The molecular weight excluding hydrogens is 356 g/mol. The van der Waals surface area contributed by atoms with Crippen LogP contribution in [0.4, 0.5) is 5.69 Å². The van der Waals surface area contributed by atoms with Gasteiger partial charge in [0.2, 0.25) is 0 Å². The highest BCUT2D eigenvalue weighted by atomic mass is 16.5. The number of esters is 1. The summed E-state index contributed by atoms with van der Waals surface area (Å²) in [5.74, 6) is -1.22. The first-order valence-electron chi connectivity index (χ1n) is 9.17. The molecule has 2 aromatic carbocycles. The fraction of sp³-hybridized carbons (Fsp3) is 0.318. The molecule has 2 rings (SSSR count). The largest absolute Gasteiger partial charge is 0.454 e. The number of ether oxygens (including phenoxy) is 1. The topological polar surface area (TPSA) is 84.5 Å². The van der Waals surface area contributed by atoms with E-state index in [2.05, 4.69) is 10.6 Å². The molecule has 28 heavy (non-hydrogen) atoms. The van der Waals surface area contributed by atoms with Crippen molar-refractivity contribution in [1.82, 2.24) is 5.32 Å². The average Bonchev–Trinajstić information content (AvgIpc) is 2.65. The lowest BCUT2D eigenvalue weighted by Gasteiger charge is -2.16. The molecule has 0 aliphatic rings. The van der Waals surface area contributed by atoms with Gasteiger partial charge in [0, 0.05) is 11.3 Å².